The number of nitrogens with zero attached hydrogens (tertiary/aromatic N) is 2. The summed E-state index contributed by atoms with van der Waals surface area (Å²) >= 11 is 0. The fourth-order valence-corrected chi connectivity index (χ4v) is 2.20. The van der Waals surface area contributed by atoms with Gasteiger partial charge in [-0.25, -0.2) is 12.7 Å². The van der Waals surface area contributed by atoms with Crippen molar-refractivity contribution in [3.8, 4) is 0 Å². The Bertz CT molecular complexity index is 404. The monoisotopic (exact) mass is 202 g/mol. The molecule has 1 rings (SSSR count). The van der Waals surface area contributed by atoms with E-state index in [0.29, 0.717) is 4.90 Å². The molecule has 0 aliphatic carbocycles. The zero-order valence-electron chi connectivity index (χ0n) is 8.27. The second-order valence-electron chi connectivity index (χ2n) is 3.16. The van der Waals surface area contributed by atoms with Crippen LogP contribution in [0, 0.1) is 6.92 Å². The van der Waals surface area contributed by atoms with Crippen molar-refractivity contribution in [3.05, 3.63) is 18.0 Å². The van der Waals surface area contributed by atoms with Crippen LogP contribution in [-0.2, 0) is 17.1 Å². The molecule has 0 unspecified atom stereocenters. The summed E-state index contributed by atoms with van der Waals surface area (Å²) in [5, 5.41) is 0. The molecule has 1 aromatic rings. The minimum Gasteiger partial charge on any atom is -0.353 e. The van der Waals surface area contributed by atoms with Crippen LogP contribution >= 0.6 is 0 Å². The standard InChI is InChI=1S/C8H14N2O2S/c1-7-8(5-6-10(7)4)13(11,12)9(2)3/h5-6H,1-4H3. The van der Waals surface area contributed by atoms with E-state index in [-0.39, 0.29) is 0 Å². The number of aryl methyl sites for hydroxylation is 1. The summed E-state index contributed by atoms with van der Waals surface area (Å²) in [7, 11) is 1.61. The van der Waals surface area contributed by atoms with Gasteiger partial charge in [0, 0.05) is 33.0 Å². The molecule has 0 N–H and O–H groups in total. The third-order valence-electron chi connectivity index (χ3n) is 2.09. The number of aromatic nitrogens is 1. The number of rotatable bonds is 2. The molecule has 0 amide bonds. The van der Waals surface area contributed by atoms with Crippen LogP contribution in [0.2, 0.25) is 0 Å². The summed E-state index contributed by atoms with van der Waals surface area (Å²) in [5.41, 5.74) is 0.758. The van der Waals surface area contributed by atoms with E-state index in [0.717, 1.165) is 5.69 Å². The second kappa shape index (κ2) is 3.16. The average Bonchev–Trinajstić information content (AvgIpc) is 2.33. The Morgan fingerprint density at radius 3 is 2.23 bits per heavy atom. The SMILES string of the molecule is Cc1c(S(=O)(=O)N(C)C)ccn1C. The predicted octanol–water partition coefficient (Wildman–Crippen LogP) is 0.584. The van der Waals surface area contributed by atoms with Gasteiger partial charge in [-0.1, -0.05) is 0 Å². The van der Waals surface area contributed by atoms with E-state index in [1.165, 1.54) is 18.4 Å². The van der Waals surface area contributed by atoms with Gasteiger partial charge in [-0.05, 0) is 13.0 Å². The molecule has 0 aromatic carbocycles. The largest absolute Gasteiger partial charge is 0.353 e. The third-order valence-corrected chi connectivity index (χ3v) is 4.04. The quantitative estimate of drug-likeness (QED) is 0.704. The second-order valence-corrected chi connectivity index (χ2v) is 5.28. The van der Waals surface area contributed by atoms with Gasteiger partial charge in [0.2, 0.25) is 10.0 Å². The van der Waals surface area contributed by atoms with Crippen molar-refractivity contribution < 1.29 is 8.42 Å². The van der Waals surface area contributed by atoms with Crippen molar-refractivity contribution in [3.63, 3.8) is 0 Å². The maximum atomic E-state index is 11.7. The van der Waals surface area contributed by atoms with Crippen LogP contribution in [0.5, 0.6) is 0 Å². The van der Waals surface area contributed by atoms with Gasteiger partial charge in [0.15, 0.2) is 0 Å². The first-order valence-electron chi connectivity index (χ1n) is 3.92. The van der Waals surface area contributed by atoms with Crippen LogP contribution in [-0.4, -0.2) is 31.4 Å². The topological polar surface area (TPSA) is 42.3 Å². The molecule has 0 bridgehead atoms. The molecule has 4 nitrogen and oxygen atoms in total. The lowest BCUT2D eigenvalue weighted by Crippen LogP contribution is -2.22. The Kier molecular flexibility index (Phi) is 2.49. The minimum absolute atomic E-state index is 0.375. The Hall–Kier alpha value is -0.810. The van der Waals surface area contributed by atoms with Gasteiger partial charge in [-0.2, -0.15) is 0 Å². The molecule has 0 spiro atoms. The molecule has 0 saturated heterocycles. The summed E-state index contributed by atoms with van der Waals surface area (Å²) in [4.78, 5) is 0.375. The van der Waals surface area contributed by atoms with Crippen molar-refractivity contribution in [2.45, 2.75) is 11.8 Å². The van der Waals surface area contributed by atoms with Gasteiger partial charge in [0.05, 0.1) is 0 Å². The summed E-state index contributed by atoms with van der Waals surface area (Å²) in [6.07, 6.45) is 1.74. The van der Waals surface area contributed by atoms with E-state index < -0.39 is 10.0 Å². The van der Waals surface area contributed by atoms with Gasteiger partial charge >= 0.3 is 0 Å². The molecular weight excluding hydrogens is 188 g/mol. The van der Waals surface area contributed by atoms with Crippen molar-refractivity contribution in [1.82, 2.24) is 8.87 Å². The van der Waals surface area contributed by atoms with E-state index in [9.17, 15) is 8.42 Å². The van der Waals surface area contributed by atoms with Crippen molar-refractivity contribution in [1.29, 1.82) is 0 Å². The van der Waals surface area contributed by atoms with Gasteiger partial charge in [-0.3, -0.25) is 0 Å². The lowest BCUT2D eigenvalue weighted by Gasteiger charge is -2.10. The highest BCUT2D eigenvalue weighted by Crippen LogP contribution is 2.17. The smallest absolute Gasteiger partial charge is 0.244 e. The lowest BCUT2D eigenvalue weighted by atomic mass is 10.5. The van der Waals surface area contributed by atoms with Gasteiger partial charge in [-0.15, -0.1) is 0 Å². The normalized spacial score (nSPS) is 12.4. The molecular formula is C8H14N2O2S. The van der Waals surface area contributed by atoms with Crippen LogP contribution in [0.4, 0.5) is 0 Å². The van der Waals surface area contributed by atoms with Gasteiger partial charge in [0.25, 0.3) is 0 Å². The van der Waals surface area contributed by atoms with E-state index in [1.807, 2.05) is 7.05 Å². The van der Waals surface area contributed by atoms with Crippen molar-refractivity contribution >= 4 is 10.0 Å². The first kappa shape index (κ1) is 10.3. The maximum absolute atomic E-state index is 11.7. The molecule has 0 aliphatic rings. The maximum Gasteiger partial charge on any atom is 0.244 e. The molecule has 0 atom stereocenters. The molecule has 74 valence electrons. The molecule has 0 aliphatic heterocycles. The van der Waals surface area contributed by atoms with Crippen molar-refractivity contribution in [2.24, 2.45) is 7.05 Å². The Morgan fingerprint density at radius 2 is 1.92 bits per heavy atom. The number of hydrogen-bond acceptors (Lipinski definition) is 2. The van der Waals surface area contributed by atoms with E-state index in [2.05, 4.69) is 0 Å². The highest BCUT2D eigenvalue weighted by molar-refractivity contribution is 7.89. The lowest BCUT2D eigenvalue weighted by molar-refractivity contribution is 0.520. The highest BCUT2D eigenvalue weighted by Gasteiger charge is 2.20. The zero-order chi connectivity index (χ0) is 10.2. The van der Waals surface area contributed by atoms with E-state index in [4.69, 9.17) is 0 Å². The fraction of sp³-hybridized carbons (Fsp3) is 0.500. The number of hydrogen-bond donors (Lipinski definition) is 0. The minimum atomic E-state index is -3.27. The van der Waals surface area contributed by atoms with E-state index in [1.54, 1.807) is 23.8 Å². The summed E-state index contributed by atoms with van der Waals surface area (Å²) in [6, 6.07) is 1.62. The molecule has 1 heterocycles. The van der Waals surface area contributed by atoms with E-state index >= 15 is 0 Å². The van der Waals surface area contributed by atoms with Crippen LogP contribution in [0.1, 0.15) is 5.69 Å². The summed E-state index contributed by atoms with van der Waals surface area (Å²) in [5.74, 6) is 0. The van der Waals surface area contributed by atoms with Crippen LogP contribution < -0.4 is 0 Å². The predicted molar refractivity (Wildman–Crippen MR) is 51.0 cm³/mol. The first-order chi connectivity index (χ1) is 5.87. The van der Waals surface area contributed by atoms with Gasteiger partial charge in [0.1, 0.15) is 4.90 Å². The Balaban J connectivity index is 3.32. The third kappa shape index (κ3) is 1.62. The zero-order valence-corrected chi connectivity index (χ0v) is 9.09. The molecule has 0 radical (unpaired) electrons. The average molecular weight is 202 g/mol. The molecule has 0 fully saturated rings. The van der Waals surface area contributed by atoms with Crippen LogP contribution in [0.25, 0.3) is 0 Å². The first-order valence-corrected chi connectivity index (χ1v) is 5.36. The van der Waals surface area contributed by atoms with Crippen LogP contribution in [0.15, 0.2) is 17.2 Å². The summed E-state index contributed by atoms with van der Waals surface area (Å²) in [6.45, 7) is 1.79. The highest BCUT2D eigenvalue weighted by atomic mass is 32.2. The molecule has 13 heavy (non-hydrogen) atoms. The Morgan fingerprint density at radius 1 is 1.38 bits per heavy atom. The van der Waals surface area contributed by atoms with Crippen molar-refractivity contribution in [2.75, 3.05) is 14.1 Å². The number of sulfonamides is 1. The molecule has 5 heteroatoms. The fourth-order valence-electron chi connectivity index (χ4n) is 1.06. The molecule has 1 aromatic heterocycles. The Labute approximate surface area is 78.8 Å². The molecule has 0 saturated carbocycles. The van der Waals surface area contributed by atoms with Crippen LogP contribution in [0.3, 0.4) is 0 Å². The van der Waals surface area contributed by atoms with Gasteiger partial charge < -0.3 is 4.57 Å². The summed E-state index contributed by atoms with van der Waals surface area (Å²) < 4.78 is 26.4.